The van der Waals surface area contributed by atoms with Crippen LogP contribution in [-0.4, -0.2) is 12.6 Å². The SMILES string of the molecule is Cc1ccc(C(C)C)cc1OC1CCCC1CN. The first kappa shape index (κ1) is 13.4. The van der Waals surface area contributed by atoms with Gasteiger partial charge in [0.1, 0.15) is 11.9 Å². The van der Waals surface area contributed by atoms with E-state index in [9.17, 15) is 0 Å². The molecule has 0 radical (unpaired) electrons. The molecular weight excluding hydrogens is 222 g/mol. The van der Waals surface area contributed by atoms with E-state index < -0.39 is 0 Å². The Morgan fingerprint density at radius 3 is 2.78 bits per heavy atom. The van der Waals surface area contributed by atoms with Crippen LogP contribution >= 0.6 is 0 Å². The fourth-order valence-corrected chi connectivity index (χ4v) is 2.69. The molecule has 2 N–H and O–H groups in total. The lowest BCUT2D eigenvalue weighted by Gasteiger charge is -2.22. The van der Waals surface area contributed by atoms with E-state index in [4.69, 9.17) is 10.5 Å². The number of nitrogens with two attached hydrogens (primary N) is 1. The molecule has 2 rings (SSSR count). The lowest BCUT2D eigenvalue weighted by molar-refractivity contribution is 0.161. The van der Waals surface area contributed by atoms with Crippen LogP contribution in [0.5, 0.6) is 5.75 Å². The van der Waals surface area contributed by atoms with Gasteiger partial charge < -0.3 is 10.5 Å². The highest BCUT2D eigenvalue weighted by Gasteiger charge is 2.28. The van der Waals surface area contributed by atoms with Crippen molar-refractivity contribution in [3.05, 3.63) is 29.3 Å². The molecular formula is C16H25NO. The van der Waals surface area contributed by atoms with Gasteiger partial charge in [-0.3, -0.25) is 0 Å². The van der Waals surface area contributed by atoms with Crippen LogP contribution < -0.4 is 10.5 Å². The first-order chi connectivity index (χ1) is 8.61. The van der Waals surface area contributed by atoms with Crippen molar-refractivity contribution in [1.82, 2.24) is 0 Å². The highest BCUT2D eigenvalue weighted by molar-refractivity contribution is 5.38. The second-order valence-corrected chi connectivity index (χ2v) is 5.76. The molecule has 0 saturated heterocycles. The average Bonchev–Trinajstić information content (AvgIpc) is 2.79. The summed E-state index contributed by atoms with van der Waals surface area (Å²) in [5.74, 6) is 2.13. The quantitative estimate of drug-likeness (QED) is 0.882. The highest BCUT2D eigenvalue weighted by atomic mass is 16.5. The molecule has 100 valence electrons. The van der Waals surface area contributed by atoms with Crippen LogP contribution in [-0.2, 0) is 0 Å². The number of benzene rings is 1. The summed E-state index contributed by atoms with van der Waals surface area (Å²) in [5.41, 5.74) is 8.38. The van der Waals surface area contributed by atoms with Crippen molar-refractivity contribution in [3.8, 4) is 5.75 Å². The molecule has 0 bridgehead atoms. The van der Waals surface area contributed by atoms with Crippen LogP contribution in [0.4, 0.5) is 0 Å². The van der Waals surface area contributed by atoms with Gasteiger partial charge >= 0.3 is 0 Å². The lowest BCUT2D eigenvalue weighted by atomic mass is 10.0. The van der Waals surface area contributed by atoms with Gasteiger partial charge in [0.15, 0.2) is 0 Å². The van der Waals surface area contributed by atoms with Crippen LogP contribution in [0, 0.1) is 12.8 Å². The minimum atomic E-state index is 0.316. The number of aryl methyl sites for hydroxylation is 1. The van der Waals surface area contributed by atoms with Crippen LogP contribution in [0.2, 0.25) is 0 Å². The molecule has 0 spiro atoms. The fourth-order valence-electron chi connectivity index (χ4n) is 2.69. The zero-order chi connectivity index (χ0) is 13.1. The molecule has 1 aliphatic carbocycles. The third-order valence-corrected chi connectivity index (χ3v) is 4.05. The molecule has 1 aromatic carbocycles. The molecule has 1 fully saturated rings. The number of ether oxygens (including phenoxy) is 1. The van der Waals surface area contributed by atoms with E-state index in [1.54, 1.807) is 0 Å². The standard InChI is InChI=1S/C16H25NO/c1-11(2)13-8-7-12(3)16(9-13)18-15-6-4-5-14(15)10-17/h7-9,11,14-15H,4-6,10,17H2,1-3H3. The van der Waals surface area contributed by atoms with Gasteiger partial charge in [-0.2, -0.15) is 0 Å². The third-order valence-electron chi connectivity index (χ3n) is 4.05. The minimum absolute atomic E-state index is 0.316. The first-order valence-corrected chi connectivity index (χ1v) is 7.09. The van der Waals surface area contributed by atoms with Crippen LogP contribution in [0.1, 0.15) is 50.2 Å². The summed E-state index contributed by atoms with van der Waals surface area (Å²) in [6.07, 6.45) is 3.92. The van der Waals surface area contributed by atoms with Crippen molar-refractivity contribution in [2.75, 3.05) is 6.54 Å². The van der Waals surface area contributed by atoms with Crippen molar-refractivity contribution in [2.24, 2.45) is 11.7 Å². The van der Waals surface area contributed by atoms with Gasteiger partial charge in [0.05, 0.1) is 0 Å². The van der Waals surface area contributed by atoms with Crippen LogP contribution in [0.25, 0.3) is 0 Å². The maximum atomic E-state index is 6.22. The van der Waals surface area contributed by atoms with E-state index >= 15 is 0 Å². The molecule has 2 heteroatoms. The smallest absolute Gasteiger partial charge is 0.122 e. The molecule has 2 atom stereocenters. The zero-order valence-electron chi connectivity index (χ0n) is 11.8. The van der Waals surface area contributed by atoms with E-state index in [1.807, 2.05) is 0 Å². The Kier molecular flexibility index (Phi) is 4.28. The second-order valence-electron chi connectivity index (χ2n) is 5.76. The molecule has 0 aliphatic heterocycles. The summed E-state index contributed by atoms with van der Waals surface area (Å²) in [4.78, 5) is 0. The Hall–Kier alpha value is -1.02. The fraction of sp³-hybridized carbons (Fsp3) is 0.625. The first-order valence-electron chi connectivity index (χ1n) is 7.09. The van der Waals surface area contributed by atoms with E-state index in [-0.39, 0.29) is 0 Å². The molecule has 2 nitrogen and oxygen atoms in total. The normalized spacial score (nSPS) is 23.6. The van der Waals surface area contributed by atoms with Gasteiger partial charge in [0, 0.05) is 5.92 Å². The van der Waals surface area contributed by atoms with Crippen molar-refractivity contribution >= 4 is 0 Å². The minimum Gasteiger partial charge on any atom is -0.490 e. The summed E-state index contributed by atoms with van der Waals surface area (Å²) in [5, 5.41) is 0. The Morgan fingerprint density at radius 1 is 1.33 bits per heavy atom. The Labute approximate surface area is 111 Å². The summed E-state index contributed by atoms with van der Waals surface area (Å²) in [7, 11) is 0. The van der Waals surface area contributed by atoms with Crippen LogP contribution in [0.15, 0.2) is 18.2 Å². The van der Waals surface area contributed by atoms with Crippen molar-refractivity contribution < 1.29 is 4.74 Å². The summed E-state index contributed by atoms with van der Waals surface area (Å²) >= 11 is 0. The molecule has 1 aromatic rings. The maximum absolute atomic E-state index is 6.22. The summed E-state index contributed by atoms with van der Waals surface area (Å²) in [6.45, 7) is 7.29. The van der Waals surface area contributed by atoms with Crippen molar-refractivity contribution in [2.45, 2.75) is 52.1 Å². The summed E-state index contributed by atoms with van der Waals surface area (Å²) < 4.78 is 6.22. The Bertz CT molecular complexity index is 400. The molecule has 1 saturated carbocycles. The maximum Gasteiger partial charge on any atom is 0.122 e. The topological polar surface area (TPSA) is 35.2 Å². The zero-order valence-corrected chi connectivity index (χ0v) is 11.8. The Morgan fingerprint density at radius 2 is 2.11 bits per heavy atom. The molecule has 2 unspecified atom stereocenters. The van der Waals surface area contributed by atoms with E-state index in [1.165, 1.54) is 24.0 Å². The van der Waals surface area contributed by atoms with Gasteiger partial charge in [-0.25, -0.2) is 0 Å². The van der Waals surface area contributed by atoms with Crippen molar-refractivity contribution in [1.29, 1.82) is 0 Å². The van der Waals surface area contributed by atoms with E-state index in [2.05, 4.69) is 39.0 Å². The lowest BCUT2D eigenvalue weighted by Crippen LogP contribution is -2.27. The van der Waals surface area contributed by atoms with Gasteiger partial charge in [0.25, 0.3) is 0 Å². The third kappa shape index (κ3) is 2.86. The molecule has 1 aliphatic rings. The average molecular weight is 247 g/mol. The highest BCUT2D eigenvalue weighted by Crippen LogP contribution is 2.32. The Balaban J connectivity index is 2.15. The van der Waals surface area contributed by atoms with Gasteiger partial charge in [-0.1, -0.05) is 26.0 Å². The van der Waals surface area contributed by atoms with E-state index in [0.29, 0.717) is 17.9 Å². The van der Waals surface area contributed by atoms with Gasteiger partial charge in [-0.15, -0.1) is 0 Å². The van der Waals surface area contributed by atoms with Gasteiger partial charge in [0.2, 0.25) is 0 Å². The molecule has 18 heavy (non-hydrogen) atoms. The number of hydrogen-bond acceptors (Lipinski definition) is 2. The molecule has 0 heterocycles. The predicted molar refractivity (Wildman–Crippen MR) is 76.1 cm³/mol. The van der Waals surface area contributed by atoms with Crippen LogP contribution in [0.3, 0.4) is 0 Å². The molecule has 0 amide bonds. The number of hydrogen-bond donors (Lipinski definition) is 1. The monoisotopic (exact) mass is 247 g/mol. The molecule has 0 aromatic heterocycles. The number of rotatable bonds is 4. The second kappa shape index (κ2) is 5.75. The van der Waals surface area contributed by atoms with Crippen molar-refractivity contribution in [3.63, 3.8) is 0 Å². The predicted octanol–water partition coefficient (Wildman–Crippen LogP) is 3.62. The van der Waals surface area contributed by atoms with E-state index in [0.717, 1.165) is 18.7 Å². The largest absolute Gasteiger partial charge is 0.490 e. The van der Waals surface area contributed by atoms with Gasteiger partial charge in [-0.05, 0) is 55.8 Å². The summed E-state index contributed by atoms with van der Waals surface area (Å²) in [6, 6.07) is 6.56.